The Hall–Kier alpha value is -0.290. The van der Waals surface area contributed by atoms with Crippen LogP contribution in [0.2, 0.25) is 0 Å². The highest BCUT2D eigenvalue weighted by atomic mass is 19.4. The van der Waals surface area contributed by atoms with Crippen LogP contribution in [0, 0.1) is 0 Å². The van der Waals surface area contributed by atoms with Gasteiger partial charge in [-0.15, -0.1) is 13.2 Å². The van der Waals surface area contributed by atoms with E-state index >= 15 is 0 Å². The molecule has 62 valence electrons. The third kappa shape index (κ3) is 7.71. The first-order chi connectivity index (χ1) is 4.56. The van der Waals surface area contributed by atoms with Crippen molar-refractivity contribution in [1.29, 1.82) is 0 Å². The molecule has 2 nitrogen and oxygen atoms in total. The molecule has 0 fully saturated rings. The first-order valence-corrected chi connectivity index (χ1v) is 2.97. The smallest absolute Gasteiger partial charge is 0.315 e. The minimum atomic E-state index is -4.49. The van der Waals surface area contributed by atoms with Crippen LogP contribution in [0.3, 0.4) is 0 Å². The van der Waals surface area contributed by atoms with E-state index in [0.29, 0.717) is 6.54 Å². The predicted molar refractivity (Wildman–Crippen MR) is 30.6 cm³/mol. The molecule has 0 amide bonds. The lowest BCUT2D eigenvalue weighted by Gasteiger charge is -2.06. The molecule has 0 aromatic rings. The van der Waals surface area contributed by atoms with Gasteiger partial charge in [-0.3, -0.25) is 4.74 Å². The van der Waals surface area contributed by atoms with Gasteiger partial charge in [-0.1, -0.05) is 6.92 Å². The van der Waals surface area contributed by atoms with Crippen LogP contribution >= 0.6 is 0 Å². The van der Waals surface area contributed by atoms with E-state index in [9.17, 15) is 13.2 Å². The number of halogens is 3. The summed E-state index contributed by atoms with van der Waals surface area (Å²) in [5.41, 5.74) is 0. The van der Waals surface area contributed by atoms with E-state index < -0.39 is 6.36 Å². The van der Waals surface area contributed by atoms with Gasteiger partial charge in [-0.2, -0.15) is 0 Å². The highest BCUT2D eigenvalue weighted by Gasteiger charge is 2.28. The molecule has 1 N–H and O–H groups in total. The van der Waals surface area contributed by atoms with Gasteiger partial charge < -0.3 is 5.32 Å². The first kappa shape index (κ1) is 9.71. The highest BCUT2D eigenvalue weighted by molar-refractivity contribution is 4.40. The molecule has 0 aromatic carbocycles. The fourth-order valence-electron chi connectivity index (χ4n) is 0.416. The summed E-state index contributed by atoms with van der Waals surface area (Å²) in [6.07, 6.45) is -4.49. The van der Waals surface area contributed by atoms with Crippen molar-refractivity contribution < 1.29 is 17.9 Å². The summed E-state index contributed by atoms with van der Waals surface area (Å²) >= 11 is 0. The van der Waals surface area contributed by atoms with Gasteiger partial charge in [0.25, 0.3) is 0 Å². The monoisotopic (exact) mass is 157 g/mol. The number of rotatable bonds is 4. The fraction of sp³-hybridized carbons (Fsp3) is 1.00. The topological polar surface area (TPSA) is 21.3 Å². The Morgan fingerprint density at radius 3 is 2.40 bits per heavy atom. The number of ether oxygens (including phenoxy) is 1. The summed E-state index contributed by atoms with van der Waals surface area (Å²) in [7, 11) is 0. The third-order valence-electron chi connectivity index (χ3n) is 0.795. The number of hydrogen-bond donors (Lipinski definition) is 1. The Morgan fingerprint density at radius 1 is 1.40 bits per heavy atom. The number of likely N-dealkylation sites (N-methyl/N-ethyl adjacent to an activating group) is 1. The molecule has 0 aliphatic carbocycles. The molecule has 0 heterocycles. The van der Waals surface area contributed by atoms with Gasteiger partial charge in [0.2, 0.25) is 0 Å². The molecule has 0 saturated carbocycles. The van der Waals surface area contributed by atoms with E-state index in [2.05, 4.69) is 10.1 Å². The molecule has 0 bridgehead atoms. The summed E-state index contributed by atoms with van der Waals surface area (Å²) in [5.74, 6) is 0. The molecule has 0 rings (SSSR count). The van der Waals surface area contributed by atoms with Gasteiger partial charge in [0.05, 0.1) is 6.61 Å². The molecule has 0 spiro atoms. The molecular weight excluding hydrogens is 147 g/mol. The molecule has 0 atom stereocenters. The quantitative estimate of drug-likeness (QED) is 0.617. The van der Waals surface area contributed by atoms with Crippen LogP contribution in [0.1, 0.15) is 6.92 Å². The second-order valence-corrected chi connectivity index (χ2v) is 1.65. The van der Waals surface area contributed by atoms with Crippen molar-refractivity contribution in [2.75, 3.05) is 19.7 Å². The maximum absolute atomic E-state index is 11.2. The van der Waals surface area contributed by atoms with Gasteiger partial charge >= 0.3 is 6.36 Å². The zero-order chi connectivity index (χ0) is 8.04. The SMILES string of the molecule is CCNCCOC(F)(F)F. The molecule has 0 unspecified atom stereocenters. The van der Waals surface area contributed by atoms with Gasteiger partial charge in [-0.25, -0.2) is 0 Å². The normalized spacial score (nSPS) is 12.0. The van der Waals surface area contributed by atoms with Crippen molar-refractivity contribution in [3.63, 3.8) is 0 Å². The van der Waals surface area contributed by atoms with E-state index in [4.69, 9.17) is 0 Å². The Labute approximate surface area is 57.4 Å². The predicted octanol–water partition coefficient (Wildman–Crippen LogP) is 1.13. The largest absolute Gasteiger partial charge is 0.522 e. The van der Waals surface area contributed by atoms with Crippen LogP contribution in [-0.2, 0) is 4.74 Å². The second-order valence-electron chi connectivity index (χ2n) is 1.65. The average Bonchev–Trinajstić information content (AvgIpc) is 1.78. The van der Waals surface area contributed by atoms with Crippen LogP contribution in [0.4, 0.5) is 13.2 Å². The van der Waals surface area contributed by atoms with Gasteiger partial charge in [0, 0.05) is 6.54 Å². The molecule has 0 radical (unpaired) electrons. The lowest BCUT2D eigenvalue weighted by Crippen LogP contribution is -2.23. The van der Waals surface area contributed by atoms with Crippen LogP contribution in [0.15, 0.2) is 0 Å². The summed E-state index contributed by atoms with van der Waals surface area (Å²) < 4.78 is 37.2. The van der Waals surface area contributed by atoms with Crippen molar-refractivity contribution in [3.05, 3.63) is 0 Å². The number of hydrogen-bond acceptors (Lipinski definition) is 2. The van der Waals surface area contributed by atoms with Crippen LogP contribution < -0.4 is 5.32 Å². The second kappa shape index (κ2) is 4.51. The zero-order valence-electron chi connectivity index (χ0n) is 5.66. The van der Waals surface area contributed by atoms with E-state index in [1.807, 2.05) is 6.92 Å². The Morgan fingerprint density at radius 2 is 2.00 bits per heavy atom. The molecular formula is C5H10F3NO. The number of nitrogens with one attached hydrogen (secondary N) is 1. The minimum absolute atomic E-state index is 0.232. The van der Waals surface area contributed by atoms with Crippen LogP contribution in [0.25, 0.3) is 0 Å². The molecule has 5 heteroatoms. The molecule has 0 aliphatic heterocycles. The summed E-state index contributed by atoms with van der Waals surface area (Å²) in [4.78, 5) is 0. The van der Waals surface area contributed by atoms with E-state index in [1.54, 1.807) is 0 Å². The standard InChI is InChI=1S/C5H10F3NO/c1-2-9-3-4-10-5(6,7)8/h9H,2-4H2,1H3. The van der Waals surface area contributed by atoms with Crippen LogP contribution in [-0.4, -0.2) is 26.1 Å². The fourth-order valence-corrected chi connectivity index (χ4v) is 0.416. The van der Waals surface area contributed by atoms with Gasteiger partial charge in [0.1, 0.15) is 0 Å². The summed E-state index contributed by atoms with van der Waals surface area (Å²) in [5, 5.41) is 2.70. The van der Waals surface area contributed by atoms with E-state index in [1.165, 1.54) is 0 Å². The van der Waals surface area contributed by atoms with Gasteiger partial charge in [-0.05, 0) is 6.54 Å². The Kier molecular flexibility index (Phi) is 4.38. The van der Waals surface area contributed by atoms with Crippen molar-refractivity contribution in [2.45, 2.75) is 13.3 Å². The highest BCUT2D eigenvalue weighted by Crippen LogP contribution is 2.14. The summed E-state index contributed by atoms with van der Waals surface area (Å²) in [6, 6.07) is 0. The van der Waals surface area contributed by atoms with E-state index in [-0.39, 0.29) is 13.2 Å². The van der Waals surface area contributed by atoms with Crippen molar-refractivity contribution in [3.8, 4) is 0 Å². The molecule has 10 heavy (non-hydrogen) atoms. The third-order valence-corrected chi connectivity index (χ3v) is 0.795. The number of alkyl halides is 3. The van der Waals surface area contributed by atoms with Crippen molar-refractivity contribution in [2.24, 2.45) is 0 Å². The van der Waals surface area contributed by atoms with Crippen molar-refractivity contribution >= 4 is 0 Å². The molecule has 0 aliphatic rings. The maximum Gasteiger partial charge on any atom is 0.522 e. The lowest BCUT2D eigenvalue weighted by molar-refractivity contribution is -0.323. The molecule has 0 saturated heterocycles. The Bertz CT molecular complexity index is 83.5. The summed E-state index contributed by atoms with van der Waals surface area (Å²) in [6.45, 7) is 2.38. The molecule has 0 aromatic heterocycles. The lowest BCUT2D eigenvalue weighted by atomic mass is 10.6. The maximum atomic E-state index is 11.2. The van der Waals surface area contributed by atoms with E-state index in [0.717, 1.165) is 0 Å². The first-order valence-electron chi connectivity index (χ1n) is 2.97. The zero-order valence-corrected chi connectivity index (χ0v) is 5.66. The average molecular weight is 157 g/mol. The Balaban J connectivity index is 3.04. The van der Waals surface area contributed by atoms with Crippen LogP contribution in [0.5, 0.6) is 0 Å². The minimum Gasteiger partial charge on any atom is -0.315 e. The van der Waals surface area contributed by atoms with Crippen molar-refractivity contribution in [1.82, 2.24) is 5.32 Å². The van der Waals surface area contributed by atoms with Gasteiger partial charge in [0.15, 0.2) is 0 Å².